The lowest BCUT2D eigenvalue weighted by atomic mass is 9.95. The first-order valence-electron chi connectivity index (χ1n) is 11.6. The number of hydrogen-bond donors (Lipinski definition) is 3. The number of ether oxygens (including phenoxy) is 1. The predicted molar refractivity (Wildman–Crippen MR) is 121 cm³/mol. The summed E-state index contributed by atoms with van der Waals surface area (Å²) in [5.41, 5.74) is 0.472. The Balaban J connectivity index is 1.69. The lowest BCUT2D eigenvalue weighted by molar-refractivity contribution is -0.145. The number of benzene rings is 1. The van der Waals surface area contributed by atoms with Crippen LogP contribution in [0.1, 0.15) is 56.9 Å². The Hall–Kier alpha value is -2.67. The van der Waals surface area contributed by atoms with Crippen LogP contribution in [0.2, 0.25) is 0 Å². The Morgan fingerprint density at radius 1 is 1.16 bits per heavy atom. The second kappa shape index (κ2) is 11.8. The minimum atomic E-state index is -0.557. The molecule has 174 valence electrons. The van der Waals surface area contributed by atoms with Gasteiger partial charge in [0.15, 0.2) is 0 Å². The molecule has 0 bridgehead atoms. The van der Waals surface area contributed by atoms with Gasteiger partial charge in [-0.25, -0.2) is 0 Å². The van der Waals surface area contributed by atoms with Crippen LogP contribution in [-0.2, 0) is 25.5 Å². The van der Waals surface area contributed by atoms with Crippen molar-refractivity contribution in [3.63, 3.8) is 0 Å². The number of allylic oxidation sites excluding steroid dienone is 2. The molecule has 1 aromatic carbocycles. The number of esters is 1. The predicted octanol–water partition coefficient (Wildman–Crippen LogP) is 2.42. The van der Waals surface area contributed by atoms with Gasteiger partial charge in [-0.3, -0.25) is 14.4 Å². The van der Waals surface area contributed by atoms with Gasteiger partial charge < -0.3 is 20.5 Å². The van der Waals surface area contributed by atoms with Crippen molar-refractivity contribution < 1.29 is 24.2 Å². The molecule has 7 nitrogen and oxygen atoms in total. The van der Waals surface area contributed by atoms with Gasteiger partial charge >= 0.3 is 5.97 Å². The van der Waals surface area contributed by atoms with Crippen LogP contribution in [0, 0.1) is 5.92 Å². The van der Waals surface area contributed by atoms with Gasteiger partial charge in [-0.2, -0.15) is 0 Å². The third-order valence-electron chi connectivity index (χ3n) is 6.29. The van der Waals surface area contributed by atoms with Crippen molar-refractivity contribution in [2.24, 2.45) is 5.92 Å². The van der Waals surface area contributed by atoms with E-state index in [0.717, 1.165) is 31.2 Å². The third kappa shape index (κ3) is 7.19. The zero-order valence-electron chi connectivity index (χ0n) is 18.6. The molecule has 0 saturated heterocycles. The number of cyclic esters (lactones) is 1. The van der Waals surface area contributed by atoms with Crippen molar-refractivity contribution >= 4 is 17.8 Å². The van der Waals surface area contributed by atoms with E-state index in [9.17, 15) is 19.5 Å². The Morgan fingerprint density at radius 3 is 2.62 bits per heavy atom. The maximum atomic E-state index is 13.1. The molecule has 1 fully saturated rings. The first-order valence-corrected chi connectivity index (χ1v) is 11.6. The van der Waals surface area contributed by atoms with Crippen LogP contribution in [0.5, 0.6) is 0 Å². The van der Waals surface area contributed by atoms with Crippen molar-refractivity contribution in [3.8, 4) is 0 Å². The molecule has 7 heteroatoms. The highest BCUT2D eigenvalue weighted by molar-refractivity contribution is 5.86. The van der Waals surface area contributed by atoms with Crippen molar-refractivity contribution in [2.45, 2.75) is 69.4 Å². The van der Waals surface area contributed by atoms with E-state index in [1.165, 1.54) is 0 Å². The normalized spacial score (nSPS) is 24.0. The molecule has 2 atom stereocenters. The minimum absolute atomic E-state index is 0.0514. The van der Waals surface area contributed by atoms with E-state index >= 15 is 0 Å². The highest BCUT2D eigenvalue weighted by atomic mass is 16.5. The molecule has 32 heavy (non-hydrogen) atoms. The number of nitrogens with one attached hydrogen (secondary N) is 2. The number of aliphatic hydroxyl groups is 1. The van der Waals surface area contributed by atoms with Crippen molar-refractivity contribution in [1.82, 2.24) is 10.6 Å². The van der Waals surface area contributed by atoms with E-state index in [1.807, 2.05) is 42.5 Å². The number of carbonyl (C=O) groups is 3. The maximum Gasteiger partial charge on any atom is 0.306 e. The van der Waals surface area contributed by atoms with E-state index in [1.54, 1.807) is 0 Å². The summed E-state index contributed by atoms with van der Waals surface area (Å²) in [5.74, 6) is -1.26. The maximum absolute atomic E-state index is 13.1. The van der Waals surface area contributed by atoms with Crippen LogP contribution in [0.15, 0.2) is 42.5 Å². The zero-order valence-corrected chi connectivity index (χ0v) is 18.6. The summed E-state index contributed by atoms with van der Waals surface area (Å²) in [6.07, 6.45) is 9.01. The van der Waals surface area contributed by atoms with Gasteiger partial charge in [0.05, 0.1) is 24.1 Å². The fourth-order valence-electron chi connectivity index (χ4n) is 4.44. The fourth-order valence-corrected chi connectivity index (χ4v) is 4.44. The summed E-state index contributed by atoms with van der Waals surface area (Å²) in [6.45, 7) is 0.00967. The smallest absolute Gasteiger partial charge is 0.306 e. The van der Waals surface area contributed by atoms with Gasteiger partial charge in [-0.05, 0) is 37.7 Å². The van der Waals surface area contributed by atoms with Gasteiger partial charge in [-0.1, -0.05) is 55.3 Å². The highest BCUT2D eigenvalue weighted by Gasteiger charge is 2.35. The third-order valence-corrected chi connectivity index (χ3v) is 6.29. The van der Waals surface area contributed by atoms with Crippen molar-refractivity contribution in [3.05, 3.63) is 48.0 Å². The molecular weight excluding hydrogens is 408 g/mol. The molecular formula is C25H34N2O5. The van der Waals surface area contributed by atoms with Gasteiger partial charge in [0.2, 0.25) is 11.8 Å². The van der Waals surface area contributed by atoms with E-state index in [2.05, 4.69) is 10.6 Å². The van der Waals surface area contributed by atoms with Crippen molar-refractivity contribution in [2.75, 3.05) is 13.2 Å². The Labute approximate surface area is 189 Å². The minimum Gasteiger partial charge on any atom is -0.463 e. The molecule has 1 heterocycles. The molecule has 1 aromatic rings. The quantitative estimate of drug-likeness (QED) is 0.464. The summed E-state index contributed by atoms with van der Waals surface area (Å²) in [6, 6.07) is 9.34. The SMILES string of the molecule is O=C(C[C@H]1CC=CCCC(=O)OC[C@H](Cc2ccccc2)NC1=O)NC1(CO)CCCC1. The molecule has 0 radical (unpaired) electrons. The van der Waals surface area contributed by atoms with Crippen LogP contribution in [-0.4, -0.2) is 47.7 Å². The Morgan fingerprint density at radius 2 is 1.91 bits per heavy atom. The van der Waals surface area contributed by atoms with Gasteiger partial charge in [0, 0.05) is 12.8 Å². The summed E-state index contributed by atoms with van der Waals surface area (Å²) < 4.78 is 5.39. The first kappa shape index (κ1) is 24.0. The fraction of sp³-hybridized carbons (Fsp3) is 0.560. The lowest BCUT2D eigenvalue weighted by Gasteiger charge is -2.29. The largest absolute Gasteiger partial charge is 0.463 e. The van der Waals surface area contributed by atoms with E-state index in [4.69, 9.17) is 4.74 Å². The molecule has 1 saturated carbocycles. The standard InChI is InChI=1S/C25H34N2O5/c28-18-25(13-7-8-14-25)27-22(29)16-20-11-5-2-6-12-23(30)32-17-21(26-24(20)31)15-19-9-3-1-4-10-19/h1-5,9-10,20-21,28H,6-8,11-18H2,(H,26,31)(H,27,29)/t20-,21+/m1/s1. The Kier molecular flexibility index (Phi) is 8.85. The van der Waals surface area contributed by atoms with E-state index in [0.29, 0.717) is 19.3 Å². The molecule has 1 aliphatic carbocycles. The van der Waals surface area contributed by atoms with E-state index < -0.39 is 11.5 Å². The molecule has 2 aliphatic rings. The van der Waals surface area contributed by atoms with Gasteiger partial charge in [0.25, 0.3) is 0 Å². The van der Waals surface area contributed by atoms with Crippen molar-refractivity contribution in [1.29, 1.82) is 0 Å². The average molecular weight is 443 g/mol. The summed E-state index contributed by atoms with van der Waals surface area (Å²) >= 11 is 0. The molecule has 0 aromatic heterocycles. The second-order valence-corrected chi connectivity index (χ2v) is 8.92. The second-order valence-electron chi connectivity index (χ2n) is 8.92. The number of carbonyl (C=O) groups excluding carboxylic acids is 3. The average Bonchev–Trinajstić information content (AvgIpc) is 3.25. The number of aliphatic hydroxyl groups excluding tert-OH is 1. The summed E-state index contributed by atoms with van der Waals surface area (Å²) in [5, 5.41) is 15.8. The molecule has 0 unspecified atom stereocenters. The van der Waals surface area contributed by atoms with Crippen LogP contribution in [0.25, 0.3) is 0 Å². The van der Waals surface area contributed by atoms with Crippen LogP contribution in [0.3, 0.4) is 0 Å². The topological polar surface area (TPSA) is 105 Å². The molecule has 1 aliphatic heterocycles. The monoisotopic (exact) mass is 442 g/mol. The molecule has 3 N–H and O–H groups in total. The van der Waals surface area contributed by atoms with Gasteiger partial charge in [-0.15, -0.1) is 0 Å². The van der Waals surface area contributed by atoms with Crippen LogP contribution < -0.4 is 10.6 Å². The number of amides is 2. The lowest BCUT2D eigenvalue weighted by Crippen LogP contribution is -2.50. The first-order chi connectivity index (χ1) is 15.5. The van der Waals surface area contributed by atoms with Crippen LogP contribution >= 0.6 is 0 Å². The molecule has 0 spiro atoms. The highest BCUT2D eigenvalue weighted by Crippen LogP contribution is 2.29. The van der Waals surface area contributed by atoms with Gasteiger partial charge in [0.1, 0.15) is 6.61 Å². The summed E-state index contributed by atoms with van der Waals surface area (Å²) in [4.78, 5) is 37.9. The Bertz CT molecular complexity index is 802. The van der Waals surface area contributed by atoms with E-state index in [-0.39, 0.29) is 49.9 Å². The number of hydrogen-bond acceptors (Lipinski definition) is 5. The summed E-state index contributed by atoms with van der Waals surface area (Å²) in [7, 11) is 0. The molecule has 2 amide bonds. The van der Waals surface area contributed by atoms with Crippen LogP contribution in [0.4, 0.5) is 0 Å². The zero-order chi connectivity index (χ0) is 22.8. The number of rotatable bonds is 6. The molecule has 3 rings (SSSR count).